The van der Waals surface area contributed by atoms with Gasteiger partial charge in [0.2, 0.25) is 10.0 Å². The van der Waals surface area contributed by atoms with Crippen LogP contribution in [0.2, 0.25) is 0 Å². The van der Waals surface area contributed by atoms with Crippen molar-refractivity contribution in [3.8, 4) is 0 Å². The molecule has 0 aromatic rings. The molecule has 1 aliphatic carbocycles. The van der Waals surface area contributed by atoms with Gasteiger partial charge in [-0.3, -0.25) is 0 Å². The minimum atomic E-state index is -3.09. The molecule has 1 saturated heterocycles. The molecule has 2 N–H and O–H groups in total. The number of piperidine rings is 1. The summed E-state index contributed by atoms with van der Waals surface area (Å²) in [7, 11) is -3.09. The predicted molar refractivity (Wildman–Crippen MR) is 74.0 cm³/mol. The van der Waals surface area contributed by atoms with E-state index in [-0.39, 0.29) is 17.3 Å². The third-order valence-corrected chi connectivity index (χ3v) is 5.72. The van der Waals surface area contributed by atoms with E-state index >= 15 is 0 Å². The molecule has 2 fully saturated rings. The molecule has 18 heavy (non-hydrogen) atoms. The molecule has 5 heteroatoms. The monoisotopic (exact) mass is 274 g/mol. The highest BCUT2D eigenvalue weighted by Gasteiger charge is 2.41. The molecule has 2 aliphatic rings. The van der Waals surface area contributed by atoms with Gasteiger partial charge in [-0.1, -0.05) is 13.8 Å². The zero-order valence-corrected chi connectivity index (χ0v) is 12.4. The molecular weight excluding hydrogens is 248 g/mol. The van der Waals surface area contributed by atoms with Gasteiger partial charge in [0.25, 0.3) is 0 Å². The average molecular weight is 274 g/mol. The molecule has 0 aromatic carbocycles. The quantitative estimate of drug-likeness (QED) is 0.801. The van der Waals surface area contributed by atoms with Gasteiger partial charge in [0.05, 0.1) is 5.75 Å². The molecule has 0 amide bonds. The molecule has 1 unspecified atom stereocenters. The van der Waals surface area contributed by atoms with Crippen molar-refractivity contribution in [1.29, 1.82) is 0 Å². The Morgan fingerprint density at radius 1 is 1.39 bits per heavy atom. The SMILES string of the molecule is CC(C)CCS(=O)(=O)NC1CCNC2(CCC2)C1. The Morgan fingerprint density at radius 2 is 2.11 bits per heavy atom. The maximum Gasteiger partial charge on any atom is 0.211 e. The molecular formula is C13H26N2O2S. The molecule has 106 valence electrons. The second-order valence-electron chi connectivity index (χ2n) is 6.37. The number of nitrogens with one attached hydrogen (secondary N) is 2. The summed E-state index contributed by atoms with van der Waals surface area (Å²) < 4.78 is 26.9. The maximum atomic E-state index is 12.0. The first kappa shape index (κ1) is 14.3. The molecule has 1 heterocycles. The summed E-state index contributed by atoms with van der Waals surface area (Å²) in [5, 5.41) is 3.56. The average Bonchev–Trinajstić information content (AvgIpc) is 2.24. The summed E-state index contributed by atoms with van der Waals surface area (Å²) in [6.07, 6.45) is 6.32. The number of rotatable bonds is 5. The highest BCUT2D eigenvalue weighted by atomic mass is 32.2. The van der Waals surface area contributed by atoms with E-state index in [0.29, 0.717) is 5.92 Å². The van der Waals surface area contributed by atoms with Crippen molar-refractivity contribution in [2.45, 2.75) is 64.0 Å². The van der Waals surface area contributed by atoms with Crippen molar-refractivity contribution >= 4 is 10.0 Å². The molecule has 1 atom stereocenters. The molecule has 4 nitrogen and oxygen atoms in total. The maximum absolute atomic E-state index is 12.0. The second-order valence-corrected chi connectivity index (χ2v) is 8.24. The van der Waals surface area contributed by atoms with E-state index in [1.54, 1.807) is 0 Å². The lowest BCUT2D eigenvalue weighted by Crippen LogP contribution is -2.59. The normalized spacial score (nSPS) is 27.4. The van der Waals surface area contributed by atoms with Crippen LogP contribution < -0.4 is 10.0 Å². The first-order valence-electron chi connectivity index (χ1n) is 7.16. The summed E-state index contributed by atoms with van der Waals surface area (Å²) in [6.45, 7) is 5.06. The van der Waals surface area contributed by atoms with Gasteiger partial charge in [0.15, 0.2) is 0 Å². The summed E-state index contributed by atoms with van der Waals surface area (Å²) in [5.74, 6) is 0.703. The van der Waals surface area contributed by atoms with Gasteiger partial charge < -0.3 is 5.32 Å². The lowest BCUT2D eigenvalue weighted by atomic mass is 9.70. The van der Waals surface area contributed by atoms with Crippen LogP contribution >= 0.6 is 0 Å². The molecule has 0 radical (unpaired) electrons. The fourth-order valence-electron chi connectivity index (χ4n) is 2.95. The largest absolute Gasteiger partial charge is 0.311 e. The van der Waals surface area contributed by atoms with Gasteiger partial charge in [-0.05, 0) is 51.0 Å². The zero-order chi connectivity index (χ0) is 13.2. The number of sulfonamides is 1. The second kappa shape index (κ2) is 5.47. The van der Waals surface area contributed by atoms with Gasteiger partial charge in [-0.15, -0.1) is 0 Å². The molecule has 1 aliphatic heterocycles. The highest BCUT2D eigenvalue weighted by Crippen LogP contribution is 2.38. The summed E-state index contributed by atoms with van der Waals surface area (Å²) in [4.78, 5) is 0. The van der Waals surface area contributed by atoms with E-state index in [0.717, 1.165) is 25.8 Å². The third-order valence-electron chi connectivity index (χ3n) is 4.25. The van der Waals surface area contributed by atoms with Crippen LogP contribution in [0.1, 0.15) is 52.4 Å². The summed E-state index contributed by atoms with van der Waals surface area (Å²) in [6, 6.07) is 0.142. The number of hydrogen-bond donors (Lipinski definition) is 2. The van der Waals surface area contributed by atoms with Gasteiger partial charge in [0.1, 0.15) is 0 Å². The minimum Gasteiger partial charge on any atom is -0.311 e. The fraction of sp³-hybridized carbons (Fsp3) is 1.00. The van der Waals surface area contributed by atoms with Crippen molar-refractivity contribution < 1.29 is 8.42 Å². The first-order chi connectivity index (χ1) is 8.41. The molecule has 0 bridgehead atoms. The van der Waals surface area contributed by atoms with Crippen molar-refractivity contribution in [3.63, 3.8) is 0 Å². The van der Waals surface area contributed by atoms with Crippen LogP contribution in [0.5, 0.6) is 0 Å². The van der Waals surface area contributed by atoms with Gasteiger partial charge >= 0.3 is 0 Å². The fourth-order valence-corrected chi connectivity index (χ4v) is 4.55. The first-order valence-corrected chi connectivity index (χ1v) is 8.81. The van der Waals surface area contributed by atoms with E-state index in [9.17, 15) is 8.42 Å². The highest BCUT2D eigenvalue weighted by molar-refractivity contribution is 7.89. The van der Waals surface area contributed by atoms with E-state index in [1.165, 1.54) is 19.3 Å². The summed E-state index contributed by atoms with van der Waals surface area (Å²) in [5.41, 5.74) is 0.253. The predicted octanol–water partition coefficient (Wildman–Crippen LogP) is 1.63. The van der Waals surface area contributed by atoms with Crippen LogP contribution in [0.3, 0.4) is 0 Å². The van der Waals surface area contributed by atoms with Gasteiger partial charge in [0, 0.05) is 11.6 Å². The minimum absolute atomic E-state index is 0.142. The molecule has 1 spiro atoms. The van der Waals surface area contributed by atoms with Crippen LogP contribution in [-0.2, 0) is 10.0 Å². The van der Waals surface area contributed by atoms with Crippen LogP contribution in [0.25, 0.3) is 0 Å². The Morgan fingerprint density at radius 3 is 2.67 bits per heavy atom. The Balaban J connectivity index is 1.84. The lowest BCUT2D eigenvalue weighted by Gasteiger charge is -2.48. The lowest BCUT2D eigenvalue weighted by molar-refractivity contribution is 0.126. The van der Waals surface area contributed by atoms with Crippen molar-refractivity contribution in [2.24, 2.45) is 5.92 Å². The zero-order valence-electron chi connectivity index (χ0n) is 11.5. The van der Waals surface area contributed by atoms with E-state index < -0.39 is 10.0 Å². The van der Waals surface area contributed by atoms with E-state index in [1.807, 2.05) is 0 Å². The van der Waals surface area contributed by atoms with Crippen molar-refractivity contribution in [3.05, 3.63) is 0 Å². The standard InChI is InChI=1S/C13H26N2O2S/c1-11(2)5-9-18(16,17)15-12-4-8-14-13(10-12)6-3-7-13/h11-12,14-15H,3-10H2,1-2H3. The number of hydrogen-bond acceptors (Lipinski definition) is 3. The third kappa shape index (κ3) is 3.68. The van der Waals surface area contributed by atoms with Crippen LogP contribution in [-0.4, -0.2) is 32.3 Å². The van der Waals surface area contributed by atoms with Crippen LogP contribution in [0.15, 0.2) is 0 Å². The van der Waals surface area contributed by atoms with E-state index in [2.05, 4.69) is 23.9 Å². The molecule has 0 aromatic heterocycles. The Kier molecular flexibility index (Phi) is 4.34. The molecule has 2 rings (SSSR count). The van der Waals surface area contributed by atoms with E-state index in [4.69, 9.17) is 0 Å². The Bertz CT molecular complexity index is 374. The molecule has 1 saturated carbocycles. The van der Waals surface area contributed by atoms with Gasteiger partial charge in [-0.25, -0.2) is 13.1 Å². The summed E-state index contributed by atoms with van der Waals surface area (Å²) >= 11 is 0. The Hall–Kier alpha value is -0.130. The van der Waals surface area contributed by atoms with Crippen molar-refractivity contribution in [2.75, 3.05) is 12.3 Å². The van der Waals surface area contributed by atoms with Gasteiger partial charge in [-0.2, -0.15) is 0 Å². The van der Waals surface area contributed by atoms with Crippen molar-refractivity contribution in [1.82, 2.24) is 10.0 Å². The smallest absolute Gasteiger partial charge is 0.211 e. The van der Waals surface area contributed by atoms with Crippen LogP contribution in [0.4, 0.5) is 0 Å². The Labute approximate surface area is 111 Å². The van der Waals surface area contributed by atoms with Crippen LogP contribution in [0, 0.1) is 5.92 Å². The topological polar surface area (TPSA) is 58.2 Å².